The Morgan fingerprint density at radius 3 is 2.36 bits per heavy atom. The maximum atomic E-state index is 12.3. The van der Waals surface area contributed by atoms with Gasteiger partial charge in [-0.25, -0.2) is 4.79 Å². The van der Waals surface area contributed by atoms with Gasteiger partial charge in [0.2, 0.25) is 0 Å². The Balaban J connectivity index is 1.72. The first kappa shape index (κ1) is 16.8. The first-order valence-electron chi connectivity index (χ1n) is 7.47. The molecule has 0 saturated heterocycles. The van der Waals surface area contributed by atoms with Crippen molar-refractivity contribution in [3.8, 4) is 0 Å². The number of hydrogen-bond donors (Lipinski definition) is 2. The summed E-state index contributed by atoms with van der Waals surface area (Å²) in [5.41, 5.74) is 5.88. The van der Waals surface area contributed by atoms with Crippen molar-refractivity contribution in [2.45, 2.75) is 6.54 Å². The number of hydrogen-bond acceptors (Lipinski definition) is 3. The van der Waals surface area contributed by atoms with Crippen LogP contribution in [0.1, 0.15) is 10.4 Å². The molecule has 0 aliphatic heterocycles. The number of benzene rings is 2. The molecule has 0 aliphatic carbocycles. The van der Waals surface area contributed by atoms with Gasteiger partial charge < -0.3 is 0 Å². The monoisotopic (exact) mass is 358 g/mol. The summed E-state index contributed by atoms with van der Waals surface area (Å²) in [5, 5.41) is 0.277. The minimum Gasteiger partial charge on any atom is -0.295 e. The number of rotatable bonds is 3. The summed E-state index contributed by atoms with van der Waals surface area (Å²) in [6, 6.07) is 13.6. The molecule has 7 nitrogen and oxygen atoms in total. The molecular weight excluding hydrogens is 344 g/mol. The standard InChI is InChI=1S/C17H15ClN4O3/c1-21-13-8-4-5-9-14(13)22(17(21)25)10-15(23)19-20-16(24)11-6-2-3-7-12(11)18/h2-9H,10H2,1H3,(H,19,23)(H,20,24). The number of imidazole rings is 1. The van der Waals surface area contributed by atoms with Crippen molar-refractivity contribution in [3.63, 3.8) is 0 Å². The van der Waals surface area contributed by atoms with Crippen molar-refractivity contribution in [2.24, 2.45) is 7.05 Å². The first-order chi connectivity index (χ1) is 12.0. The third-order valence-corrected chi connectivity index (χ3v) is 4.12. The smallest absolute Gasteiger partial charge is 0.295 e. The quantitative estimate of drug-likeness (QED) is 0.695. The van der Waals surface area contributed by atoms with E-state index >= 15 is 0 Å². The lowest BCUT2D eigenvalue weighted by Gasteiger charge is -2.09. The number of fused-ring (bicyclic) bond motifs is 1. The van der Waals surface area contributed by atoms with Gasteiger partial charge in [0.25, 0.3) is 11.8 Å². The molecule has 2 aromatic carbocycles. The van der Waals surface area contributed by atoms with Crippen LogP contribution in [0.15, 0.2) is 53.3 Å². The molecule has 0 unspecified atom stereocenters. The second-order valence-electron chi connectivity index (χ2n) is 5.40. The molecule has 0 radical (unpaired) electrons. The molecule has 128 valence electrons. The van der Waals surface area contributed by atoms with E-state index in [9.17, 15) is 14.4 Å². The van der Waals surface area contributed by atoms with Crippen molar-refractivity contribution in [1.82, 2.24) is 20.0 Å². The van der Waals surface area contributed by atoms with Gasteiger partial charge in [-0.15, -0.1) is 0 Å². The van der Waals surface area contributed by atoms with Crippen molar-refractivity contribution < 1.29 is 9.59 Å². The maximum absolute atomic E-state index is 12.3. The van der Waals surface area contributed by atoms with Gasteiger partial charge in [0.1, 0.15) is 6.54 Å². The van der Waals surface area contributed by atoms with E-state index in [0.29, 0.717) is 5.52 Å². The van der Waals surface area contributed by atoms with Crippen LogP contribution < -0.4 is 16.5 Å². The molecule has 0 spiro atoms. The van der Waals surface area contributed by atoms with Gasteiger partial charge in [0, 0.05) is 7.05 Å². The van der Waals surface area contributed by atoms with Crippen LogP contribution >= 0.6 is 11.6 Å². The molecular formula is C17H15ClN4O3. The van der Waals surface area contributed by atoms with Crippen LogP contribution in [0, 0.1) is 0 Å². The summed E-state index contributed by atoms with van der Waals surface area (Å²) in [4.78, 5) is 36.4. The molecule has 0 bridgehead atoms. The number of amides is 2. The number of carbonyl (C=O) groups is 2. The molecule has 0 fully saturated rings. The fraction of sp³-hybridized carbons (Fsp3) is 0.118. The zero-order valence-corrected chi connectivity index (χ0v) is 14.1. The van der Waals surface area contributed by atoms with Crippen LogP contribution in [0.4, 0.5) is 0 Å². The predicted molar refractivity (Wildman–Crippen MR) is 94.2 cm³/mol. The van der Waals surface area contributed by atoms with Crippen LogP contribution in [0.25, 0.3) is 11.0 Å². The summed E-state index contributed by atoms with van der Waals surface area (Å²) < 4.78 is 2.80. The highest BCUT2D eigenvalue weighted by atomic mass is 35.5. The molecule has 0 saturated carbocycles. The van der Waals surface area contributed by atoms with Crippen molar-refractivity contribution in [2.75, 3.05) is 0 Å². The summed E-state index contributed by atoms with van der Waals surface area (Å²) in [7, 11) is 1.64. The fourth-order valence-corrected chi connectivity index (χ4v) is 2.76. The summed E-state index contributed by atoms with van der Waals surface area (Å²) in [5.74, 6) is -1.07. The molecule has 0 aliphatic rings. The minimum absolute atomic E-state index is 0.219. The molecule has 0 atom stereocenters. The number of nitrogens with one attached hydrogen (secondary N) is 2. The molecule has 1 aromatic heterocycles. The molecule has 8 heteroatoms. The number of aryl methyl sites for hydroxylation is 1. The average Bonchev–Trinajstić information content (AvgIpc) is 2.85. The zero-order valence-electron chi connectivity index (χ0n) is 13.3. The van der Waals surface area contributed by atoms with Crippen LogP contribution in [0.3, 0.4) is 0 Å². The highest BCUT2D eigenvalue weighted by Gasteiger charge is 2.14. The molecule has 3 rings (SSSR count). The highest BCUT2D eigenvalue weighted by molar-refractivity contribution is 6.33. The van der Waals surface area contributed by atoms with E-state index in [1.54, 1.807) is 49.5 Å². The van der Waals surface area contributed by atoms with E-state index in [0.717, 1.165) is 5.52 Å². The lowest BCUT2D eigenvalue weighted by Crippen LogP contribution is -2.44. The van der Waals surface area contributed by atoms with E-state index in [2.05, 4.69) is 10.9 Å². The Labute approximate surface area is 147 Å². The second kappa shape index (κ2) is 6.82. The third-order valence-electron chi connectivity index (χ3n) is 3.79. The van der Waals surface area contributed by atoms with Gasteiger partial charge in [-0.3, -0.25) is 29.6 Å². The van der Waals surface area contributed by atoms with E-state index in [1.165, 1.54) is 9.13 Å². The number of hydrazine groups is 1. The zero-order chi connectivity index (χ0) is 18.0. The Bertz CT molecular complexity index is 1020. The second-order valence-corrected chi connectivity index (χ2v) is 5.81. The molecule has 1 heterocycles. The Kier molecular flexibility index (Phi) is 4.58. The summed E-state index contributed by atoms with van der Waals surface area (Å²) in [6.07, 6.45) is 0. The van der Waals surface area contributed by atoms with Crippen molar-refractivity contribution in [3.05, 3.63) is 69.6 Å². The molecule has 25 heavy (non-hydrogen) atoms. The van der Waals surface area contributed by atoms with E-state index in [4.69, 9.17) is 11.6 Å². The van der Waals surface area contributed by atoms with Crippen LogP contribution in [-0.4, -0.2) is 20.9 Å². The number of carbonyl (C=O) groups excluding carboxylic acids is 2. The SMILES string of the molecule is Cn1c(=O)n(CC(=O)NNC(=O)c2ccccc2Cl)c2ccccc21. The summed E-state index contributed by atoms with van der Waals surface area (Å²) >= 11 is 5.93. The molecule has 2 N–H and O–H groups in total. The number of halogens is 1. The lowest BCUT2D eigenvalue weighted by atomic mass is 10.2. The van der Waals surface area contributed by atoms with Gasteiger partial charge in [-0.1, -0.05) is 35.9 Å². The number of nitrogens with zero attached hydrogens (tertiary/aromatic N) is 2. The first-order valence-corrected chi connectivity index (χ1v) is 7.85. The van der Waals surface area contributed by atoms with Crippen molar-refractivity contribution in [1.29, 1.82) is 0 Å². The normalized spacial score (nSPS) is 10.6. The van der Waals surface area contributed by atoms with Gasteiger partial charge in [0.15, 0.2) is 0 Å². The van der Waals surface area contributed by atoms with E-state index < -0.39 is 11.8 Å². The predicted octanol–water partition coefficient (Wildman–Crippen LogP) is 1.45. The van der Waals surface area contributed by atoms with Gasteiger partial charge in [0.05, 0.1) is 21.6 Å². The van der Waals surface area contributed by atoms with Crippen LogP contribution in [-0.2, 0) is 18.4 Å². The number of para-hydroxylation sites is 2. The Hall–Kier alpha value is -3.06. The average molecular weight is 359 g/mol. The van der Waals surface area contributed by atoms with E-state index in [-0.39, 0.29) is 22.8 Å². The van der Waals surface area contributed by atoms with Crippen LogP contribution in [0.2, 0.25) is 5.02 Å². The topological polar surface area (TPSA) is 85.1 Å². The Morgan fingerprint density at radius 1 is 1.00 bits per heavy atom. The van der Waals surface area contributed by atoms with E-state index in [1.807, 2.05) is 6.07 Å². The lowest BCUT2D eigenvalue weighted by molar-refractivity contribution is -0.122. The molecule has 3 aromatic rings. The maximum Gasteiger partial charge on any atom is 0.329 e. The third kappa shape index (κ3) is 3.27. The minimum atomic E-state index is -0.538. The van der Waals surface area contributed by atoms with Crippen LogP contribution in [0.5, 0.6) is 0 Å². The van der Waals surface area contributed by atoms with Gasteiger partial charge in [-0.2, -0.15) is 0 Å². The largest absolute Gasteiger partial charge is 0.329 e. The van der Waals surface area contributed by atoms with Gasteiger partial charge in [-0.05, 0) is 24.3 Å². The van der Waals surface area contributed by atoms with Gasteiger partial charge >= 0.3 is 5.69 Å². The van der Waals surface area contributed by atoms with Crippen molar-refractivity contribution >= 4 is 34.4 Å². The summed E-state index contributed by atoms with van der Waals surface area (Å²) in [6.45, 7) is -0.219. The fourth-order valence-electron chi connectivity index (χ4n) is 2.54. The highest BCUT2D eigenvalue weighted by Crippen LogP contribution is 2.14. The Morgan fingerprint density at radius 2 is 1.64 bits per heavy atom. The molecule has 2 amide bonds. The number of aromatic nitrogens is 2.